The molecule has 9 heteroatoms. The number of esters is 1. The highest BCUT2D eigenvalue weighted by molar-refractivity contribution is 6.10. The van der Waals surface area contributed by atoms with Crippen molar-refractivity contribution >= 4 is 35.2 Å². The number of aromatic nitrogens is 2. The number of para-hydroxylation sites is 3. The molecule has 2 aromatic heterocycles. The van der Waals surface area contributed by atoms with Gasteiger partial charge in [-0.2, -0.15) is 5.10 Å². The molecule has 0 radical (unpaired) electrons. The average Bonchev–Trinajstić information content (AvgIpc) is 3.52. The summed E-state index contributed by atoms with van der Waals surface area (Å²) < 4.78 is 12.6. The number of nitrogens with one attached hydrogen (secondary N) is 1. The van der Waals surface area contributed by atoms with Gasteiger partial charge in [0.1, 0.15) is 18.0 Å². The number of rotatable bonds is 6. The van der Waals surface area contributed by atoms with Crippen molar-refractivity contribution in [1.82, 2.24) is 9.78 Å². The van der Waals surface area contributed by atoms with Crippen molar-refractivity contribution < 1.29 is 23.5 Å². The number of ether oxygens (including phenoxy) is 1. The summed E-state index contributed by atoms with van der Waals surface area (Å²) in [4.78, 5) is 38.4. The second-order valence-electron chi connectivity index (χ2n) is 8.11. The van der Waals surface area contributed by atoms with Gasteiger partial charge in [0.25, 0.3) is 5.91 Å². The van der Waals surface area contributed by atoms with E-state index in [-0.39, 0.29) is 12.5 Å². The number of nitrogens with zero attached hydrogens (tertiary/aromatic N) is 3. The smallest absolute Gasteiger partial charge is 0.331 e. The first kappa shape index (κ1) is 22.9. The van der Waals surface area contributed by atoms with Gasteiger partial charge in [0.05, 0.1) is 17.1 Å². The lowest BCUT2D eigenvalue weighted by Gasteiger charge is -2.28. The molecule has 3 heterocycles. The number of furan rings is 1. The van der Waals surface area contributed by atoms with E-state index < -0.39 is 18.5 Å². The van der Waals surface area contributed by atoms with Crippen molar-refractivity contribution in [1.29, 1.82) is 0 Å². The summed E-state index contributed by atoms with van der Waals surface area (Å²) in [6.45, 7) is 1.19. The van der Waals surface area contributed by atoms with E-state index in [0.717, 1.165) is 11.4 Å². The van der Waals surface area contributed by atoms with Crippen LogP contribution in [0, 0.1) is 6.92 Å². The third-order valence-electron chi connectivity index (χ3n) is 5.55. The number of benzene rings is 2. The first-order valence-corrected chi connectivity index (χ1v) is 11.2. The lowest BCUT2D eigenvalue weighted by Crippen LogP contribution is -2.43. The average molecular weight is 482 g/mol. The van der Waals surface area contributed by atoms with Crippen LogP contribution in [0.5, 0.6) is 0 Å². The Labute approximate surface area is 206 Å². The summed E-state index contributed by atoms with van der Waals surface area (Å²) in [6.07, 6.45) is 4.58. The number of aryl methyl sites for hydroxylation is 1. The molecule has 36 heavy (non-hydrogen) atoms. The molecule has 0 unspecified atom stereocenters. The fourth-order valence-corrected chi connectivity index (χ4v) is 3.85. The Morgan fingerprint density at radius 2 is 1.86 bits per heavy atom. The van der Waals surface area contributed by atoms with Crippen LogP contribution in [0.25, 0.3) is 23.2 Å². The second-order valence-corrected chi connectivity index (χ2v) is 8.11. The summed E-state index contributed by atoms with van der Waals surface area (Å²) in [6, 6.07) is 20.1. The van der Waals surface area contributed by atoms with E-state index in [1.54, 1.807) is 41.2 Å². The molecule has 2 aromatic carbocycles. The first-order valence-electron chi connectivity index (χ1n) is 11.2. The second kappa shape index (κ2) is 9.75. The van der Waals surface area contributed by atoms with Crippen molar-refractivity contribution in [3.05, 3.63) is 90.3 Å². The van der Waals surface area contributed by atoms with Gasteiger partial charge in [-0.05, 0) is 49.4 Å². The van der Waals surface area contributed by atoms with Gasteiger partial charge in [0.2, 0.25) is 5.91 Å². The summed E-state index contributed by atoms with van der Waals surface area (Å²) in [5.74, 6) is -0.216. The molecule has 1 aliphatic heterocycles. The van der Waals surface area contributed by atoms with Crippen LogP contribution in [-0.2, 0) is 19.1 Å². The number of carbonyl (C=O) groups excluding carboxylic acids is 3. The van der Waals surface area contributed by atoms with E-state index >= 15 is 0 Å². The molecule has 1 aliphatic rings. The molecule has 0 saturated heterocycles. The monoisotopic (exact) mass is 482 g/mol. The Kier molecular flexibility index (Phi) is 6.19. The number of carbonyl (C=O) groups is 3. The molecule has 0 bridgehead atoms. The molecule has 180 valence electrons. The SMILES string of the molecule is Cc1ccc(-c2nn(-c3ccccc3)cc2C=CC(=O)OCC(=O)N2CC(=O)Nc3ccccc32)o1. The van der Waals surface area contributed by atoms with E-state index in [0.29, 0.717) is 28.4 Å². The lowest BCUT2D eigenvalue weighted by molar-refractivity contribution is -0.143. The zero-order valence-corrected chi connectivity index (χ0v) is 19.4. The van der Waals surface area contributed by atoms with Gasteiger partial charge in [-0.25, -0.2) is 9.48 Å². The highest BCUT2D eigenvalue weighted by Crippen LogP contribution is 2.29. The molecule has 0 spiro atoms. The predicted molar refractivity (Wildman–Crippen MR) is 133 cm³/mol. The third kappa shape index (κ3) is 4.80. The summed E-state index contributed by atoms with van der Waals surface area (Å²) in [7, 11) is 0. The van der Waals surface area contributed by atoms with Crippen LogP contribution in [0.2, 0.25) is 0 Å². The quantitative estimate of drug-likeness (QED) is 0.329. The molecule has 9 nitrogen and oxygen atoms in total. The molecule has 1 N–H and O–H groups in total. The number of hydrogen-bond acceptors (Lipinski definition) is 6. The van der Waals surface area contributed by atoms with Crippen LogP contribution in [0.3, 0.4) is 0 Å². The molecule has 0 saturated carbocycles. The van der Waals surface area contributed by atoms with Crippen molar-refractivity contribution in [3.8, 4) is 17.1 Å². The van der Waals surface area contributed by atoms with Gasteiger partial charge in [-0.15, -0.1) is 0 Å². The molecular formula is C27H22N4O5. The standard InChI is InChI=1S/C27H22N4O5/c1-18-11-13-23(36-18)27-19(15-31(29-27)20-7-3-2-4-8-20)12-14-26(34)35-17-25(33)30-16-24(32)28-21-9-5-6-10-22(21)30/h2-15H,16-17H2,1H3,(H,28,32). The van der Waals surface area contributed by atoms with Crippen LogP contribution in [0.15, 0.2) is 83.4 Å². The van der Waals surface area contributed by atoms with Crippen LogP contribution >= 0.6 is 0 Å². The summed E-state index contributed by atoms with van der Waals surface area (Å²) in [5.41, 5.74) is 3.13. The van der Waals surface area contributed by atoms with Crippen LogP contribution in [0.4, 0.5) is 11.4 Å². The number of fused-ring (bicyclic) bond motifs is 1. The van der Waals surface area contributed by atoms with E-state index in [4.69, 9.17) is 9.15 Å². The number of amides is 2. The highest BCUT2D eigenvalue weighted by Gasteiger charge is 2.27. The maximum atomic E-state index is 12.7. The summed E-state index contributed by atoms with van der Waals surface area (Å²) in [5, 5.41) is 7.34. The number of hydrogen-bond donors (Lipinski definition) is 1. The van der Waals surface area contributed by atoms with Crippen LogP contribution in [0.1, 0.15) is 11.3 Å². The van der Waals surface area contributed by atoms with Gasteiger partial charge in [0, 0.05) is 17.8 Å². The largest absolute Gasteiger partial charge is 0.460 e. The van der Waals surface area contributed by atoms with Crippen molar-refractivity contribution in [2.75, 3.05) is 23.4 Å². The molecule has 5 rings (SSSR count). The third-order valence-corrected chi connectivity index (χ3v) is 5.55. The number of anilines is 2. The Balaban J connectivity index is 1.31. The molecule has 0 fully saturated rings. The normalized spacial score (nSPS) is 12.9. The molecule has 2 amide bonds. The minimum atomic E-state index is -0.702. The first-order chi connectivity index (χ1) is 17.5. The zero-order valence-electron chi connectivity index (χ0n) is 19.4. The van der Waals surface area contributed by atoms with Gasteiger partial charge >= 0.3 is 5.97 Å². The van der Waals surface area contributed by atoms with Gasteiger partial charge in [-0.1, -0.05) is 30.3 Å². The van der Waals surface area contributed by atoms with Crippen molar-refractivity contribution in [2.45, 2.75) is 6.92 Å². The van der Waals surface area contributed by atoms with Gasteiger partial charge in [0.15, 0.2) is 12.4 Å². The minimum Gasteiger partial charge on any atom is -0.460 e. The highest BCUT2D eigenvalue weighted by atomic mass is 16.5. The van der Waals surface area contributed by atoms with Gasteiger partial charge in [-0.3, -0.25) is 14.5 Å². The molecular weight excluding hydrogens is 460 g/mol. The fourth-order valence-electron chi connectivity index (χ4n) is 3.85. The Bertz CT molecular complexity index is 1470. The fraction of sp³-hybridized carbons (Fsp3) is 0.111. The molecule has 0 aliphatic carbocycles. The molecule has 4 aromatic rings. The topological polar surface area (TPSA) is 107 Å². The maximum absolute atomic E-state index is 12.7. The summed E-state index contributed by atoms with van der Waals surface area (Å²) >= 11 is 0. The van der Waals surface area contributed by atoms with Crippen LogP contribution in [-0.4, -0.2) is 40.7 Å². The van der Waals surface area contributed by atoms with Crippen molar-refractivity contribution in [2.24, 2.45) is 0 Å². The Hall–Kier alpha value is -4.92. The zero-order chi connectivity index (χ0) is 25.1. The van der Waals surface area contributed by atoms with E-state index in [1.807, 2.05) is 49.4 Å². The Morgan fingerprint density at radius 1 is 1.08 bits per heavy atom. The van der Waals surface area contributed by atoms with E-state index in [9.17, 15) is 14.4 Å². The lowest BCUT2D eigenvalue weighted by atomic mass is 10.2. The Morgan fingerprint density at radius 3 is 2.64 bits per heavy atom. The van der Waals surface area contributed by atoms with Crippen molar-refractivity contribution in [3.63, 3.8) is 0 Å². The van der Waals surface area contributed by atoms with Crippen LogP contribution < -0.4 is 10.2 Å². The molecule has 0 atom stereocenters. The van der Waals surface area contributed by atoms with E-state index in [2.05, 4.69) is 10.4 Å². The minimum absolute atomic E-state index is 0.145. The maximum Gasteiger partial charge on any atom is 0.331 e. The van der Waals surface area contributed by atoms with Gasteiger partial charge < -0.3 is 14.5 Å². The predicted octanol–water partition coefficient (Wildman–Crippen LogP) is 3.98. The van der Waals surface area contributed by atoms with E-state index in [1.165, 1.54) is 11.0 Å².